The number of nitrogens with zero attached hydrogens (tertiary/aromatic N) is 1. The average Bonchev–Trinajstić information content (AvgIpc) is 2.29. The van der Waals surface area contributed by atoms with Gasteiger partial charge >= 0.3 is 0 Å². The fourth-order valence-electron chi connectivity index (χ4n) is 2.21. The number of halogens is 1. The SMILES string of the molecule is COc1cc(Br)cc(CN2CCCCC2)c1. The van der Waals surface area contributed by atoms with Crippen LogP contribution in [0, 0.1) is 0 Å². The first kappa shape index (κ1) is 11.9. The van der Waals surface area contributed by atoms with Gasteiger partial charge in [-0.25, -0.2) is 0 Å². The van der Waals surface area contributed by atoms with Gasteiger partial charge in [-0.2, -0.15) is 0 Å². The van der Waals surface area contributed by atoms with E-state index in [0.717, 1.165) is 16.8 Å². The smallest absolute Gasteiger partial charge is 0.120 e. The molecule has 1 aromatic carbocycles. The van der Waals surface area contributed by atoms with Gasteiger partial charge < -0.3 is 4.74 Å². The van der Waals surface area contributed by atoms with Gasteiger partial charge in [-0.1, -0.05) is 22.4 Å². The zero-order chi connectivity index (χ0) is 11.4. The molecule has 16 heavy (non-hydrogen) atoms. The minimum atomic E-state index is 0.932. The molecule has 2 rings (SSSR count). The maximum absolute atomic E-state index is 5.28. The van der Waals surface area contributed by atoms with E-state index in [-0.39, 0.29) is 0 Å². The first-order chi connectivity index (χ1) is 7.78. The Labute approximate surface area is 106 Å². The molecule has 1 saturated heterocycles. The third-order valence-electron chi connectivity index (χ3n) is 3.02. The van der Waals surface area contributed by atoms with Crippen molar-refractivity contribution in [2.45, 2.75) is 25.8 Å². The normalized spacial score (nSPS) is 17.4. The van der Waals surface area contributed by atoms with Gasteiger partial charge in [0, 0.05) is 11.0 Å². The summed E-state index contributed by atoms with van der Waals surface area (Å²) in [6.07, 6.45) is 4.06. The molecule has 0 bridgehead atoms. The maximum Gasteiger partial charge on any atom is 0.120 e. The van der Waals surface area contributed by atoms with Gasteiger partial charge in [-0.3, -0.25) is 4.90 Å². The van der Waals surface area contributed by atoms with Gasteiger partial charge in [0.15, 0.2) is 0 Å². The van der Waals surface area contributed by atoms with Crippen LogP contribution in [0.5, 0.6) is 5.75 Å². The topological polar surface area (TPSA) is 12.5 Å². The van der Waals surface area contributed by atoms with E-state index in [0.29, 0.717) is 0 Å². The largest absolute Gasteiger partial charge is 0.497 e. The van der Waals surface area contributed by atoms with Gasteiger partial charge in [0.2, 0.25) is 0 Å². The second-order valence-corrected chi connectivity index (χ2v) is 5.25. The molecule has 0 radical (unpaired) electrons. The van der Waals surface area contributed by atoms with Gasteiger partial charge in [0.05, 0.1) is 7.11 Å². The van der Waals surface area contributed by atoms with Crippen LogP contribution in [-0.2, 0) is 6.54 Å². The zero-order valence-electron chi connectivity index (χ0n) is 9.71. The van der Waals surface area contributed by atoms with Crippen molar-refractivity contribution in [2.24, 2.45) is 0 Å². The number of likely N-dealkylation sites (tertiary alicyclic amines) is 1. The van der Waals surface area contributed by atoms with E-state index < -0.39 is 0 Å². The summed E-state index contributed by atoms with van der Waals surface area (Å²) in [5.41, 5.74) is 1.33. The van der Waals surface area contributed by atoms with Crippen LogP contribution in [0.15, 0.2) is 22.7 Å². The molecule has 2 nitrogen and oxygen atoms in total. The maximum atomic E-state index is 5.28. The van der Waals surface area contributed by atoms with Crippen molar-refractivity contribution in [3.05, 3.63) is 28.2 Å². The summed E-state index contributed by atoms with van der Waals surface area (Å²) in [5, 5.41) is 0. The summed E-state index contributed by atoms with van der Waals surface area (Å²) in [6, 6.07) is 6.30. The molecule has 1 aromatic rings. The monoisotopic (exact) mass is 283 g/mol. The summed E-state index contributed by atoms with van der Waals surface area (Å²) in [6.45, 7) is 3.50. The van der Waals surface area contributed by atoms with E-state index in [4.69, 9.17) is 4.74 Å². The molecule has 0 saturated carbocycles. The van der Waals surface area contributed by atoms with Gasteiger partial charge in [-0.05, 0) is 49.7 Å². The molecular weight excluding hydrogens is 266 g/mol. The Balaban J connectivity index is 2.04. The number of hydrogen-bond donors (Lipinski definition) is 0. The lowest BCUT2D eigenvalue weighted by molar-refractivity contribution is 0.220. The molecule has 1 aliphatic heterocycles. The van der Waals surface area contributed by atoms with E-state index in [1.165, 1.54) is 37.9 Å². The van der Waals surface area contributed by atoms with Gasteiger partial charge in [-0.15, -0.1) is 0 Å². The van der Waals surface area contributed by atoms with Crippen LogP contribution < -0.4 is 4.74 Å². The fraction of sp³-hybridized carbons (Fsp3) is 0.538. The van der Waals surface area contributed by atoms with Gasteiger partial charge in [0.1, 0.15) is 5.75 Å². The molecule has 0 N–H and O–H groups in total. The van der Waals surface area contributed by atoms with Crippen LogP contribution in [0.2, 0.25) is 0 Å². The lowest BCUT2D eigenvalue weighted by Gasteiger charge is -2.26. The molecule has 0 aliphatic carbocycles. The summed E-state index contributed by atoms with van der Waals surface area (Å²) < 4.78 is 6.37. The highest BCUT2D eigenvalue weighted by Gasteiger charge is 2.11. The van der Waals surface area contributed by atoms with Crippen LogP contribution in [0.25, 0.3) is 0 Å². The molecule has 1 heterocycles. The van der Waals surface area contributed by atoms with E-state index >= 15 is 0 Å². The third-order valence-corrected chi connectivity index (χ3v) is 3.48. The van der Waals surface area contributed by atoms with Crippen molar-refractivity contribution in [1.82, 2.24) is 4.90 Å². The van der Waals surface area contributed by atoms with Crippen LogP contribution >= 0.6 is 15.9 Å². The first-order valence-electron chi connectivity index (χ1n) is 5.84. The molecule has 88 valence electrons. The molecule has 3 heteroatoms. The highest BCUT2D eigenvalue weighted by molar-refractivity contribution is 9.10. The summed E-state index contributed by atoms with van der Waals surface area (Å²) in [7, 11) is 1.71. The molecule has 1 aliphatic rings. The predicted octanol–water partition coefficient (Wildman–Crippen LogP) is 3.44. The van der Waals surface area contributed by atoms with Crippen molar-refractivity contribution in [3.63, 3.8) is 0 Å². The second kappa shape index (κ2) is 5.69. The average molecular weight is 284 g/mol. The molecule has 1 fully saturated rings. The molecular formula is C13H18BrNO. The number of ether oxygens (including phenoxy) is 1. The van der Waals surface area contributed by atoms with Crippen molar-refractivity contribution < 1.29 is 4.74 Å². The number of hydrogen-bond acceptors (Lipinski definition) is 2. The standard InChI is InChI=1S/C13H18BrNO/c1-16-13-8-11(7-12(14)9-13)10-15-5-3-2-4-6-15/h7-9H,2-6,10H2,1H3. The van der Waals surface area contributed by atoms with E-state index in [1.807, 2.05) is 6.07 Å². The Kier molecular flexibility index (Phi) is 4.24. The molecule has 0 aromatic heterocycles. The lowest BCUT2D eigenvalue weighted by Crippen LogP contribution is -2.29. The molecule has 0 amide bonds. The van der Waals surface area contributed by atoms with Crippen LogP contribution in [0.3, 0.4) is 0 Å². The number of methoxy groups -OCH3 is 1. The Morgan fingerprint density at radius 3 is 2.62 bits per heavy atom. The minimum Gasteiger partial charge on any atom is -0.497 e. The van der Waals surface area contributed by atoms with Crippen molar-refractivity contribution >= 4 is 15.9 Å². The number of piperidine rings is 1. The molecule has 0 atom stereocenters. The van der Waals surface area contributed by atoms with E-state index in [2.05, 4.69) is 33.0 Å². The van der Waals surface area contributed by atoms with Gasteiger partial charge in [0.25, 0.3) is 0 Å². The summed E-state index contributed by atoms with van der Waals surface area (Å²) >= 11 is 3.52. The quantitative estimate of drug-likeness (QED) is 0.843. The second-order valence-electron chi connectivity index (χ2n) is 4.34. The minimum absolute atomic E-state index is 0.932. The Morgan fingerprint density at radius 2 is 1.94 bits per heavy atom. The van der Waals surface area contributed by atoms with Crippen molar-refractivity contribution in [2.75, 3.05) is 20.2 Å². The zero-order valence-corrected chi connectivity index (χ0v) is 11.3. The molecule has 0 unspecified atom stereocenters. The Bertz CT molecular complexity index is 348. The molecule has 0 spiro atoms. The first-order valence-corrected chi connectivity index (χ1v) is 6.63. The van der Waals surface area contributed by atoms with E-state index in [1.54, 1.807) is 7.11 Å². The van der Waals surface area contributed by atoms with Crippen molar-refractivity contribution in [1.29, 1.82) is 0 Å². The number of benzene rings is 1. The van der Waals surface area contributed by atoms with Crippen LogP contribution in [0.1, 0.15) is 24.8 Å². The number of rotatable bonds is 3. The van der Waals surface area contributed by atoms with Crippen molar-refractivity contribution in [3.8, 4) is 5.75 Å². The lowest BCUT2D eigenvalue weighted by atomic mass is 10.1. The Morgan fingerprint density at radius 1 is 1.19 bits per heavy atom. The highest BCUT2D eigenvalue weighted by Crippen LogP contribution is 2.23. The van der Waals surface area contributed by atoms with Crippen LogP contribution in [0.4, 0.5) is 0 Å². The fourth-order valence-corrected chi connectivity index (χ4v) is 2.73. The van der Waals surface area contributed by atoms with Crippen LogP contribution in [-0.4, -0.2) is 25.1 Å². The predicted molar refractivity (Wildman–Crippen MR) is 69.8 cm³/mol. The highest BCUT2D eigenvalue weighted by atomic mass is 79.9. The third kappa shape index (κ3) is 3.22. The Hall–Kier alpha value is -0.540. The van der Waals surface area contributed by atoms with E-state index in [9.17, 15) is 0 Å². The summed E-state index contributed by atoms with van der Waals surface area (Å²) in [4.78, 5) is 2.52. The summed E-state index contributed by atoms with van der Waals surface area (Å²) in [5.74, 6) is 0.932.